The van der Waals surface area contributed by atoms with Crippen LogP contribution in [-0.4, -0.2) is 51.7 Å². The number of nitrogens with one attached hydrogen (secondary N) is 1. The van der Waals surface area contributed by atoms with Crippen molar-refractivity contribution in [1.29, 1.82) is 0 Å². The number of aliphatic hydroxyl groups is 1. The molecule has 1 aromatic heterocycles. The lowest BCUT2D eigenvalue weighted by molar-refractivity contribution is -0.121. The number of nitrogens with zero attached hydrogens (tertiary/aromatic N) is 1. The number of rotatable bonds is 7. The van der Waals surface area contributed by atoms with Crippen LogP contribution < -0.4 is 5.32 Å². The van der Waals surface area contributed by atoms with E-state index < -0.39 is 35.2 Å². The van der Waals surface area contributed by atoms with E-state index in [-0.39, 0.29) is 12.1 Å². The summed E-state index contributed by atoms with van der Waals surface area (Å²) in [6.45, 7) is 5.26. The Morgan fingerprint density at radius 2 is 1.91 bits per heavy atom. The Labute approximate surface area is 213 Å². The van der Waals surface area contributed by atoms with Crippen molar-refractivity contribution in [3.63, 3.8) is 0 Å². The number of hydrogen-bond acceptors (Lipinski definition) is 5. The van der Waals surface area contributed by atoms with Gasteiger partial charge in [-0.1, -0.05) is 47.5 Å². The number of alkyl halides is 3. The first kappa shape index (κ1) is 26.7. The van der Waals surface area contributed by atoms with Gasteiger partial charge in [0.1, 0.15) is 18.4 Å². The van der Waals surface area contributed by atoms with Gasteiger partial charge in [0.25, 0.3) is 5.91 Å². The predicted molar refractivity (Wildman–Crippen MR) is 133 cm³/mol. The Balaban J connectivity index is 1.71. The number of benzene rings is 1. The van der Waals surface area contributed by atoms with Gasteiger partial charge in [-0.25, -0.2) is 9.18 Å². The maximum Gasteiger partial charge on any atom is 0.410 e. The topological polar surface area (TPSA) is 78.9 Å². The second kappa shape index (κ2) is 11.2. The van der Waals surface area contributed by atoms with Crippen LogP contribution in [0.25, 0.3) is 10.4 Å². The van der Waals surface area contributed by atoms with Gasteiger partial charge in [0.2, 0.25) is 0 Å². The quantitative estimate of drug-likeness (QED) is 0.444. The Morgan fingerprint density at radius 3 is 2.50 bits per heavy atom. The highest BCUT2D eigenvalue weighted by atomic mass is 35.5. The molecule has 3 rings (SSSR count). The molecular formula is C24H29Cl2FN2O4S. The van der Waals surface area contributed by atoms with Gasteiger partial charge in [-0.2, -0.15) is 0 Å². The average molecular weight is 531 g/mol. The van der Waals surface area contributed by atoms with E-state index in [1.807, 2.05) is 45.0 Å². The van der Waals surface area contributed by atoms with Crippen molar-refractivity contribution in [3.05, 3.63) is 46.8 Å². The molecule has 0 radical (unpaired) electrons. The molecule has 1 saturated heterocycles. The van der Waals surface area contributed by atoms with Crippen molar-refractivity contribution < 1.29 is 23.8 Å². The van der Waals surface area contributed by atoms with Crippen molar-refractivity contribution in [3.8, 4) is 10.4 Å². The molecular weight excluding hydrogens is 502 g/mol. The van der Waals surface area contributed by atoms with Gasteiger partial charge < -0.3 is 20.1 Å². The highest BCUT2D eigenvalue weighted by Crippen LogP contribution is 2.39. The monoisotopic (exact) mass is 530 g/mol. The number of ether oxygens (including phenoxy) is 1. The minimum absolute atomic E-state index is 0.0173. The summed E-state index contributed by atoms with van der Waals surface area (Å²) in [6.07, 6.45) is 0.248. The molecule has 0 saturated carbocycles. The maximum atomic E-state index is 13.4. The third-order valence-electron chi connectivity index (χ3n) is 5.45. The van der Waals surface area contributed by atoms with Crippen LogP contribution in [0.15, 0.2) is 36.4 Å². The molecule has 0 aliphatic carbocycles. The SMILES string of the molecule is CC(C)(C)OC(=O)N1CCCC1c1ccc(-c2ccc(C(O)C(CF)NC(=O)C(Cl)Cl)cc2)s1. The number of hydrogen-bond donors (Lipinski definition) is 2. The molecule has 2 N–H and O–H groups in total. The van der Waals surface area contributed by atoms with E-state index in [4.69, 9.17) is 27.9 Å². The maximum absolute atomic E-state index is 13.4. The van der Waals surface area contributed by atoms with Crippen LogP contribution in [0.3, 0.4) is 0 Å². The summed E-state index contributed by atoms with van der Waals surface area (Å²) in [6, 6.07) is 9.90. The molecule has 186 valence electrons. The van der Waals surface area contributed by atoms with E-state index in [0.29, 0.717) is 12.1 Å². The first-order valence-electron chi connectivity index (χ1n) is 11.0. The number of amides is 2. The lowest BCUT2D eigenvalue weighted by Crippen LogP contribution is -2.43. The Morgan fingerprint density at radius 1 is 1.24 bits per heavy atom. The Bertz CT molecular complexity index is 994. The van der Waals surface area contributed by atoms with Crippen molar-refractivity contribution in [2.45, 2.75) is 62.2 Å². The molecule has 10 heteroatoms. The minimum atomic E-state index is -1.34. The van der Waals surface area contributed by atoms with Crippen LogP contribution in [0.1, 0.15) is 56.2 Å². The van der Waals surface area contributed by atoms with Gasteiger partial charge >= 0.3 is 6.09 Å². The highest BCUT2D eigenvalue weighted by molar-refractivity contribution is 7.15. The second-order valence-corrected chi connectivity index (χ2v) is 11.4. The molecule has 0 spiro atoms. The summed E-state index contributed by atoms with van der Waals surface area (Å²) >= 11 is 12.6. The van der Waals surface area contributed by atoms with Crippen molar-refractivity contribution in [2.24, 2.45) is 0 Å². The molecule has 2 heterocycles. The number of halogens is 3. The minimum Gasteiger partial charge on any atom is -0.444 e. The number of aliphatic hydroxyl groups excluding tert-OH is 1. The normalized spacial score (nSPS) is 18.1. The predicted octanol–water partition coefficient (Wildman–Crippen LogP) is 5.78. The summed E-state index contributed by atoms with van der Waals surface area (Å²) < 4.78 is 19.0. The molecule has 2 amide bonds. The molecule has 3 unspecified atom stereocenters. The lowest BCUT2D eigenvalue weighted by Gasteiger charge is -2.28. The van der Waals surface area contributed by atoms with Crippen LogP contribution in [0, 0.1) is 0 Å². The molecule has 1 aromatic carbocycles. The van der Waals surface area contributed by atoms with E-state index >= 15 is 0 Å². The van der Waals surface area contributed by atoms with Gasteiger partial charge in [0.15, 0.2) is 4.84 Å². The van der Waals surface area contributed by atoms with E-state index in [0.717, 1.165) is 28.2 Å². The standard InChI is InChI=1S/C24H29Cl2FN2O4S/c1-24(2,3)33-23(32)29-12-4-5-17(29)19-11-10-18(34-19)14-6-8-15(9-7-14)20(30)16(13-27)28-22(31)21(25)26/h6-11,16-17,20-21,30H,4-5,12-13H2,1-3H3,(H,28,31). The fraction of sp³-hybridized carbons (Fsp3) is 0.500. The van der Waals surface area contributed by atoms with Gasteiger partial charge in [0, 0.05) is 16.3 Å². The van der Waals surface area contributed by atoms with E-state index in [1.165, 1.54) is 0 Å². The fourth-order valence-corrected chi connectivity index (χ4v) is 5.10. The molecule has 34 heavy (non-hydrogen) atoms. The van der Waals surface area contributed by atoms with Crippen LogP contribution in [-0.2, 0) is 9.53 Å². The molecule has 6 nitrogen and oxygen atoms in total. The van der Waals surface area contributed by atoms with Crippen molar-refractivity contribution in [1.82, 2.24) is 10.2 Å². The van der Waals surface area contributed by atoms with Crippen LogP contribution in [0.2, 0.25) is 0 Å². The zero-order valence-electron chi connectivity index (χ0n) is 19.3. The molecule has 1 aliphatic heterocycles. The van der Waals surface area contributed by atoms with Crippen molar-refractivity contribution >= 4 is 46.5 Å². The van der Waals surface area contributed by atoms with Gasteiger partial charge in [-0.05, 0) is 56.9 Å². The van der Waals surface area contributed by atoms with Gasteiger partial charge in [-0.15, -0.1) is 11.3 Å². The summed E-state index contributed by atoms with van der Waals surface area (Å²) in [5.41, 5.74) is 0.837. The molecule has 0 bridgehead atoms. The zero-order valence-corrected chi connectivity index (χ0v) is 21.6. The van der Waals surface area contributed by atoms with Crippen molar-refractivity contribution in [2.75, 3.05) is 13.2 Å². The van der Waals surface area contributed by atoms with Crippen LogP contribution in [0.4, 0.5) is 9.18 Å². The second-order valence-electron chi connectivity index (χ2n) is 9.17. The smallest absolute Gasteiger partial charge is 0.410 e. The first-order valence-corrected chi connectivity index (χ1v) is 12.7. The zero-order chi connectivity index (χ0) is 25.0. The van der Waals surface area contributed by atoms with Crippen LogP contribution >= 0.6 is 34.5 Å². The molecule has 1 aliphatic rings. The third-order valence-corrected chi connectivity index (χ3v) is 7.08. The summed E-state index contributed by atoms with van der Waals surface area (Å²) in [5, 5.41) is 12.8. The first-order chi connectivity index (χ1) is 16.0. The van der Waals surface area contributed by atoms with Gasteiger partial charge in [0.05, 0.1) is 12.1 Å². The molecule has 1 fully saturated rings. The Hall–Kier alpha value is -1.87. The number of likely N-dealkylation sites (tertiary alicyclic amines) is 1. The number of carbonyl (C=O) groups is 2. The fourth-order valence-electron chi connectivity index (χ4n) is 3.81. The molecule has 2 aromatic rings. The van der Waals surface area contributed by atoms with E-state index in [1.54, 1.807) is 28.4 Å². The third kappa shape index (κ3) is 6.62. The van der Waals surface area contributed by atoms with Crippen LogP contribution in [0.5, 0.6) is 0 Å². The number of thiophene rings is 1. The lowest BCUT2D eigenvalue weighted by atomic mass is 10.0. The summed E-state index contributed by atoms with van der Waals surface area (Å²) in [7, 11) is 0. The average Bonchev–Trinajstić information content (AvgIpc) is 3.45. The van der Waals surface area contributed by atoms with Gasteiger partial charge in [-0.3, -0.25) is 4.79 Å². The Kier molecular flexibility index (Phi) is 8.84. The highest BCUT2D eigenvalue weighted by Gasteiger charge is 2.34. The van der Waals surface area contributed by atoms with E-state index in [2.05, 4.69) is 5.32 Å². The molecule has 3 atom stereocenters. The summed E-state index contributed by atoms with van der Waals surface area (Å²) in [4.78, 5) is 26.8. The summed E-state index contributed by atoms with van der Waals surface area (Å²) in [5.74, 6) is -0.764. The largest absolute Gasteiger partial charge is 0.444 e. The van der Waals surface area contributed by atoms with E-state index in [9.17, 15) is 19.1 Å². The number of carbonyl (C=O) groups excluding carboxylic acids is 2.